The van der Waals surface area contributed by atoms with Crippen molar-refractivity contribution in [1.29, 1.82) is 0 Å². The van der Waals surface area contributed by atoms with Crippen LogP contribution in [0, 0.1) is 19.3 Å². The molecule has 276 valence electrons. The topological polar surface area (TPSA) is 140 Å². The van der Waals surface area contributed by atoms with Crippen LogP contribution in [0.5, 0.6) is 5.88 Å². The van der Waals surface area contributed by atoms with Crippen molar-refractivity contribution >= 4 is 27.6 Å². The fraction of sp³-hybridized carbons (Fsp3) is 0.462. The normalized spacial score (nSPS) is 19.0. The Kier molecular flexibility index (Phi) is 10.8. The summed E-state index contributed by atoms with van der Waals surface area (Å²) in [6.07, 6.45) is 6.45. The highest BCUT2D eigenvalue weighted by Gasteiger charge is 2.32. The first kappa shape index (κ1) is 37.1. The summed E-state index contributed by atoms with van der Waals surface area (Å²) >= 11 is 0. The molecule has 1 N–H and O–H groups in total. The summed E-state index contributed by atoms with van der Waals surface area (Å²) in [5, 5.41) is 0. The van der Waals surface area contributed by atoms with Crippen LogP contribution in [-0.4, -0.2) is 77.1 Å². The molecule has 0 aliphatic carbocycles. The van der Waals surface area contributed by atoms with Gasteiger partial charge in [0.1, 0.15) is 12.4 Å². The molecule has 4 heterocycles. The van der Waals surface area contributed by atoms with Crippen LogP contribution < -0.4 is 14.4 Å². The van der Waals surface area contributed by atoms with Gasteiger partial charge in [-0.1, -0.05) is 45.0 Å². The highest BCUT2D eigenvalue weighted by atomic mass is 32.2. The Labute approximate surface area is 307 Å². The first-order chi connectivity index (χ1) is 24.7. The Morgan fingerprint density at radius 1 is 1.00 bits per heavy atom. The maximum Gasteiger partial charge on any atom is 0.264 e. The van der Waals surface area contributed by atoms with E-state index in [0.717, 1.165) is 41.8 Å². The maximum atomic E-state index is 14.5. The third kappa shape index (κ3) is 8.70. The minimum atomic E-state index is -4.19. The summed E-state index contributed by atoms with van der Waals surface area (Å²) in [5.74, 6) is 0.160. The smallest absolute Gasteiger partial charge is 0.264 e. The molecule has 0 unspecified atom stereocenters. The van der Waals surface area contributed by atoms with Gasteiger partial charge in [-0.05, 0) is 81.7 Å². The highest BCUT2D eigenvalue weighted by molar-refractivity contribution is 7.92. The number of fused-ring (bicyclic) bond motifs is 4. The quantitative estimate of drug-likeness (QED) is 0.212. The fourth-order valence-corrected chi connectivity index (χ4v) is 7.92. The van der Waals surface area contributed by atoms with Gasteiger partial charge >= 0.3 is 0 Å². The molecular weight excluding hydrogens is 679 g/mol. The third-order valence-corrected chi connectivity index (χ3v) is 10.7. The number of carbonyl (C=O) groups excluding carboxylic acids is 1. The van der Waals surface area contributed by atoms with E-state index >= 15 is 0 Å². The van der Waals surface area contributed by atoms with E-state index in [2.05, 4.69) is 40.4 Å². The Morgan fingerprint density at radius 3 is 2.40 bits per heavy atom. The van der Waals surface area contributed by atoms with Crippen LogP contribution in [0.15, 0.2) is 65.8 Å². The molecule has 1 fully saturated rings. The van der Waals surface area contributed by atoms with E-state index in [-0.39, 0.29) is 58.9 Å². The number of aryl methyl sites for hydroxylation is 2. The predicted octanol–water partition coefficient (Wildman–Crippen LogP) is 6.58. The van der Waals surface area contributed by atoms with Gasteiger partial charge in [0.05, 0.1) is 60.0 Å². The first-order valence-corrected chi connectivity index (χ1v) is 19.4. The second-order valence-corrected chi connectivity index (χ2v) is 16.9. The van der Waals surface area contributed by atoms with Crippen LogP contribution >= 0.6 is 0 Å². The average Bonchev–Trinajstić information content (AvgIpc) is 3.56. The van der Waals surface area contributed by atoms with Crippen LogP contribution in [0.25, 0.3) is 11.3 Å². The lowest BCUT2D eigenvalue weighted by Crippen LogP contribution is -2.45. The molecule has 0 radical (unpaired) electrons. The molecule has 0 saturated carbocycles. The lowest BCUT2D eigenvalue weighted by molar-refractivity contribution is 0.0505. The number of ether oxygens (including phenoxy) is 2. The van der Waals surface area contributed by atoms with Crippen molar-refractivity contribution in [2.75, 3.05) is 29.4 Å². The maximum absolute atomic E-state index is 14.5. The van der Waals surface area contributed by atoms with Crippen molar-refractivity contribution in [2.24, 2.45) is 5.41 Å². The van der Waals surface area contributed by atoms with Gasteiger partial charge in [0.25, 0.3) is 15.9 Å². The largest absolute Gasteiger partial charge is 0.475 e. The van der Waals surface area contributed by atoms with E-state index in [4.69, 9.17) is 19.4 Å². The SMILES string of the molecule is Cc1cccc(C)c1-c1cc2nc(n1)NS(=O)(=O)c1cccc(c1)C(=O)N(Cc1ncc(N3CCC[C@H]3COC(C)C)cn1)[C@H](CC(C)(C)C)CO2. The van der Waals surface area contributed by atoms with E-state index in [9.17, 15) is 13.2 Å². The van der Waals surface area contributed by atoms with E-state index in [1.807, 2.05) is 58.3 Å². The van der Waals surface area contributed by atoms with Gasteiger partial charge in [-0.2, -0.15) is 4.98 Å². The van der Waals surface area contributed by atoms with Crippen molar-refractivity contribution < 1.29 is 22.7 Å². The molecule has 2 aliphatic rings. The zero-order valence-corrected chi connectivity index (χ0v) is 31.9. The van der Waals surface area contributed by atoms with Gasteiger partial charge in [0, 0.05) is 23.7 Å². The third-order valence-electron chi connectivity index (χ3n) is 9.36. The van der Waals surface area contributed by atoms with Crippen molar-refractivity contribution in [3.8, 4) is 17.1 Å². The van der Waals surface area contributed by atoms with Gasteiger partial charge < -0.3 is 19.3 Å². The zero-order chi connectivity index (χ0) is 37.2. The number of hydrogen-bond donors (Lipinski definition) is 1. The summed E-state index contributed by atoms with van der Waals surface area (Å²) in [7, 11) is -4.19. The second-order valence-electron chi connectivity index (χ2n) is 15.2. The molecular formula is C39H49N7O5S. The van der Waals surface area contributed by atoms with Crippen molar-refractivity contribution in [2.45, 2.75) is 97.4 Å². The summed E-state index contributed by atoms with van der Waals surface area (Å²) in [6, 6.07) is 13.4. The summed E-state index contributed by atoms with van der Waals surface area (Å²) in [6.45, 7) is 16.1. The van der Waals surface area contributed by atoms with Crippen LogP contribution in [0.3, 0.4) is 0 Å². The molecule has 6 rings (SSSR count). The Hall–Kier alpha value is -4.62. The van der Waals surface area contributed by atoms with E-state index in [1.54, 1.807) is 23.1 Å². The van der Waals surface area contributed by atoms with Gasteiger partial charge in [-0.15, -0.1) is 0 Å². The number of carbonyl (C=O) groups is 1. The van der Waals surface area contributed by atoms with Crippen molar-refractivity contribution in [3.05, 3.63) is 83.4 Å². The first-order valence-electron chi connectivity index (χ1n) is 17.9. The van der Waals surface area contributed by atoms with Crippen molar-refractivity contribution in [1.82, 2.24) is 24.8 Å². The van der Waals surface area contributed by atoms with Crippen LogP contribution in [-0.2, 0) is 21.3 Å². The number of nitrogens with zero attached hydrogens (tertiary/aromatic N) is 6. The summed E-state index contributed by atoms with van der Waals surface area (Å²) in [4.78, 5) is 37.0. The van der Waals surface area contributed by atoms with E-state index in [0.29, 0.717) is 24.5 Å². The molecule has 2 aliphatic heterocycles. The summed E-state index contributed by atoms with van der Waals surface area (Å²) in [5.41, 5.74) is 4.25. The molecule has 52 heavy (non-hydrogen) atoms. The highest BCUT2D eigenvalue weighted by Crippen LogP contribution is 2.32. The number of sulfonamides is 1. The number of aromatic nitrogens is 4. The molecule has 4 aromatic rings. The van der Waals surface area contributed by atoms with Gasteiger partial charge in [-0.3, -0.25) is 4.79 Å². The Bertz CT molecular complexity index is 1990. The Morgan fingerprint density at radius 2 is 1.71 bits per heavy atom. The molecule has 1 saturated heterocycles. The monoisotopic (exact) mass is 727 g/mol. The number of nitrogens with one attached hydrogen (secondary N) is 1. The zero-order valence-electron chi connectivity index (χ0n) is 31.1. The Balaban J connectivity index is 1.39. The van der Waals surface area contributed by atoms with Crippen LogP contribution in [0.4, 0.5) is 11.6 Å². The molecule has 4 bridgehead atoms. The molecule has 2 aromatic heterocycles. The standard InChI is InChI=1S/C39H49N7O5S/c1-25(2)50-23-29-14-10-16-45(29)31-20-40-34(41-21-31)22-46-30(19-39(5,6)7)24-51-35-18-33(36-26(3)11-8-12-27(36)4)42-38(43-35)44-52(48,49)32-15-9-13-28(17-32)37(46)47/h8-9,11-13,15,17-18,20-21,25,29-30H,10,14,16,19,22-24H2,1-7H3,(H,42,43,44)/t29-,30+/m0/s1. The predicted molar refractivity (Wildman–Crippen MR) is 201 cm³/mol. The van der Waals surface area contributed by atoms with Crippen LogP contribution in [0.2, 0.25) is 0 Å². The minimum Gasteiger partial charge on any atom is -0.475 e. The minimum absolute atomic E-state index is 0.0843. The molecule has 2 atom stereocenters. The number of anilines is 2. The average molecular weight is 728 g/mol. The molecule has 2 aromatic carbocycles. The van der Waals surface area contributed by atoms with E-state index in [1.165, 1.54) is 12.1 Å². The van der Waals surface area contributed by atoms with Crippen LogP contribution in [0.1, 0.15) is 81.2 Å². The number of amides is 1. The second kappa shape index (κ2) is 15.2. The van der Waals surface area contributed by atoms with E-state index < -0.39 is 16.1 Å². The van der Waals surface area contributed by atoms with Gasteiger partial charge in [0.2, 0.25) is 11.8 Å². The summed E-state index contributed by atoms with van der Waals surface area (Å²) < 4.78 is 42.3. The van der Waals surface area contributed by atoms with Crippen molar-refractivity contribution in [3.63, 3.8) is 0 Å². The van der Waals surface area contributed by atoms with Gasteiger partial charge in [-0.25, -0.2) is 28.1 Å². The lowest BCUT2D eigenvalue weighted by Gasteiger charge is -2.35. The molecule has 13 heteroatoms. The molecule has 0 spiro atoms. The van der Waals surface area contributed by atoms with Gasteiger partial charge in [0.15, 0.2) is 0 Å². The number of hydrogen-bond acceptors (Lipinski definition) is 10. The number of rotatable bonds is 8. The fourth-order valence-electron chi connectivity index (χ4n) is 6.93. The molecule has 1 amide bonds. The number of benzene rings is 2. The lowest BCUT2D eigenvalue weighted by atomic mass is 9.87. The molecule has 12 nitrogen and oxygen atoms in total.